The Hall–Kier alpha value is -1.29. The molecular weight excluding hydrogens is 190 g/mol. The second-order valence-electron chi connectivity index (χ2n) is 3.58. The number of hydrogen-bond acceptors (Lipinski definition) is 4. The van der Waals surface area contributed by atoms with Gasteiger partial charge in [-0.15, -0.1) is 0 Å². The lowest BCUT2D eigenvalue weighted by Gasteiger charge is -2.20. The number of nitrogens with one attached hydrogen (secondary N) is 1. The van der Waals surface area contributed by atoms with E-state index in [0.29, 0.717) is 0 Å². The monoisotopic (exact) mass is 207 g/mol. The summed E-state index contributed by atoms with van der Waals surface area (Å²) in [5, 5.41) is 3.05. The third-order valence-electron chi connectivity index (χ3n) is 2.54. The highest BCUT2D eigenvalue weighted by atomic mass is 16.5. The molecule has 1 aliphatic rings. The van der Waals surface area contributed by atoms with E-state index in [9.17, 15) is 0 Å². The highest BCUT2D eigenvalue weighted by Gasteiger charge is 2.10. The molecule has 15 heavy (non-hydrogen) atoms. The van der Waals surface area contributed by atoms with Crippen LogP contribution in [-0.2, 0) is 4.74 Å². The average molecular weight is 207 g/mol. The Morgan fingerprint density at radius 3 is 3.13 bits per heavy atom. The van der Waals surface area contributed by atoms with E-state index in [0.717, 1.165) is 44.4 Å². The molecule has 0 atom stereocenters. The molecule has 0 aliphatic carbocycles. The molecule has 4 nitrogen and oxygen atoms in total. The maximum Gasteiger partial charge on any atom is 0.131 e. The molecule has 0 spiro atoms. The third-order valence-corrected chi connectivity index (χ3v) is 2.54. The van der Waals surface area contributed by atoms with Gasteiger partial charge in [0.1, 0.15) is 11.6 Å². The van der Waals surface area contributed by atoms with Crippen molar-refractivity contribution >= 4 is 11.6 Å². The maximum absolute atomic E-state index is 5.42. The van der Waals surface area contributed by atoms with Crippen molar-refractivity contribution in [2.75, 3.05) is 43.6 Å². The molecule has 1 aliphatic heterocycles. The number of ether oxygens (including phenoxy) is 1. The molecule has 2 rings (SSSR count). The third kappa shape index (κ3) is 2.59. The standard InChI is InChI=1S/C11H17N3O/c1-12-10-4-2-5-11(13-10)14-6-3-8-15-9-7-14/h2,4-5H,3,6-9H2,1H3,(H,12,13). The van der Waals surface area contributed by atoms with Crippen molar-refractivity contribution in [1.82, 2.24) is 4.98 Å². The summed E-state index contributed by atoms with van der Waals surface area (Å²) in [6, 6.07) is 6.05. The lowest BCUT2D eigenvalue weighted by molar-refractivity contribution is 0.152. The quantitative estimate of drug-likeness (QED) is 0.794. The van der Waals surface area contributed by atoms with Gasteiger partial charge in [-0.2, -0.15) is 0 Å². The van der Waals surface area contributed by atoms with Crippen LogP contribution in [0.4, 0.5) is 11.6 Å². The first kappa shape index (κ1) is 10.2. The van der Waals surface area contributed by atoms with Crippen LogP contribution in [0.3, 0.4) is 0 Å². The molecule has 1 aromatic heterocycles. The predicted octanol–water partition coefficient (Wildman–Crippen LogP) is 1.35. The van der Waals surface area contributed by atoms with Crippen LogP contribution in [0.15, 0.2) is 18.2 Å². The Kier molecular flexibility index (Phi) is 3.40. The normalized spacial score (nSPS) is 17.3. The van der Waals surface area contributed by atoms with E-state index in [1.165, 1.54) is 0 Å². The van der Waals surface area contributed by atoms with Gasteiger partial charge >= 0.3 is 0 Å². The number of anilines is 2. The zero-order valence-electron chi connectivity index (χ0n) is 9.07. The van der Waals surface area contributed by atoms with E-state index in [4.69, 9.17) is 4.74 Å². The van der Waals surface area contributed by atoms with E-state index in [-0.39, 0.29) is 0 Å². The SMILES string of the molecule is CNc1cccc(N2CCCOCC2)n1. The smallest absolute Gasteiger partial charge is 0.131 e. The van der Waals surface area contributed by atoms with Gasteiger partial charge in [0.25, 0.3) is 0 Å². The van der Waals surface area contributed by atoms with Crippen LogP contribution in [0.25, 0.3) is 0 Å². The topological polar surface area (TPSA) is 37.4 Å². The molecule has 1 N–H and O–H groups in total. The molecule has 0 bridgehead atoms. The Bertz CT molecular complexity index is 308. The molecule has 2 heterocycles. The second kappa shape index (κ2) is 4.98. The molecule has 0 aromatic carbocycles. The lowest BCUT2D eigenvalue weighted by atomic mass is 10.3. The fraction of sp³-hybridized carbons (Fsp3) is 0.545. The van der Waals surface area contributed by atoms with Gasteiger partial charge in [0, 0.05) is 26.7 Å². The molecule has 1 fully saturated rings. The Balaban J connectivity index is 2.12. The Morgan fingerprint density at radius 2 is 2.27 bits per heavy atom. The van der Waals surface area contributed by atoms with Crippen molar-refractivity contribution in [3.63, 3.8) is 0 Å². The fourth-order valence-corrected chi connectivity index (χ4v) is 1.71. The predicted molar refractivity (Wildman–Crippen MR) is 61.4 cm³/mol. The molecule has 0 amide bonds. The number of rotatable bonds is 2. The van der Waals surface area contributed by atoms with Gasteiger partial charge < -0.3 is 15.0 Å². The minimum absolute atomic E-state index is 0.797. The summed E-state index contributed by atoms with van der Waals surface area (Å²) in [4.78, 5) is 6.79. The first-order valence-corrected chi connectivity index (χ1v) is 5.37. The van der Waals surface area contributed by atoms with Gasteiger partial charge in [-0.05, 0) is 18.6 Å². The van der Waals surface area contributed by atoms with E-state index in [2.05, 4.69) is 15.2 Å². The molecule has 1 saturated heterocycles. The molecule has 0 unspecified atom stereocenters. The summed E-state index contributed by atoms with van der Waals surface area (Å²) >= 11 is 0. The lowest BCUT2D eigenvalue weighted by Crippen LogP contribution is -2.26. The molecule has 0 radical (unpaired) electrons. The summed E-state index contributed by atoms with van der Waals surface area (Å²) in [7, 11) is 1.89. The number of nitrogens with zero attached hydrogens (tertiary/aromatic N) is 2. The van der Waals surface area contributed by atoms with Crippen LogP contribution in [0.1, 0.15) is 6.42 Å². The van der Waals surface area contributed by atoms with Gasteiger partial charge in [0.15, 0.2) is 0 Å². The number of pyridine rings is 1. The van der Waals surface area contributed by atoms with Crippen LogP contribution < -0.4 is 10.2 Å². The molecule has 4 heteroatoms. The summed E-state index contributed by atoms with van der Waals surface area (Å²) in [5.74, 6) is 1.95. The first-order valence-electron chi connectivity index (χ1n) is 5.37. The van der Waals surface area contributed by atoms with E-state index in [1.807, 2.05) is 25.2 Å². The Morgan fingerprint density at radius 1 is 1.33 bits per heavy atom. The molecular formula is C11H17N3O. The van der Waals surface area contributed by atoms with Crippen molar-refractivity contribution < 1.29 is 4.74 Å². The van der Waals surface area contributed by atoms with Gasteiger partial charge in [-0.1, -0.05) is 6.07 Å². The van der Waals surface area contributed by atoms with Gasteiger partial charge in [0.05, 0.1) is 6.61 Å². The fourth-order valence-electron chi connectivity index (χ4n) is 1.71. The first-order chi connectivity index (χ1) is 7.40. The van der Waals surface area contributed by atoms with Crippen LogP contribution in [0.5, 0.6) is 0 Å². The van der Waals surface area contributed by atoms with Crippen molar-refractivity contribution in [3.05, 3.63) is 18.2 Å². The number of aromatic nitrogens is 1. The van der Waals surface area contributed by atoms with Crippen LogP contribution in [0.2, 0.25) is 0 Å². The highest BCUT2D eigenvalue weighted by Crippen LogP contribution is 2.15. The van der Waals surface area contributed by atoms with Gasteiger partial charge in [-0.25, -0.2) is 4.98 Å². The summed E-state index contributed by atoms with van der Waals surface area (Å²) < 4.78 is 5.42. The zero-order chi connectivity index (χ0) is 10.5. The molecule has 82 valence electrons. The van der Waals surface area contributed by atoms with Crippen molar-refractivity contribution in [2.45, 2.75) is 6.42 Å². The van der Waals surface area contributed by atoms with Crippen LogP contribution >= 0.6 is 0 Å². The summed E-state index contributed by atoms with van der Waals surface area (Å²) in [6.45, 7) is 3.62. The maximum atomic E-state index is 5.42. The van der Waals surface area contributed by atoms with Crippen LogP contribution in [0, 0.1) is 0 Å². The average Bonchev–Trinajstić information content (AvgIpc) is 2.58. The van der Waals surface area contributed by atoms with Crippen LogP contribution in [-0.4, -0.2) is 38.3 Å². The Labute approximate surface area is 90.3 Å². The minimum Gasteiger partial charge on any atom is -0.380 e. The highest BCUT2D eigenvalue weighted by molar-refractivity contribution is 5.46. The number of hydrogen-bond donors (Lipinski definition) is 1. The minimum atomic E-state index is 0.797. The molecule has 0 saturated carbocycles. The van der Waals surface area contributed by atoms with Gasteiger partial charge in [-0.3, -0.25) is 0 Å². The largest absolute Gasteiger partial charge is 0.380 e. The zero-order valence-corrected chi connectivity index (χ0v) is 9.07. The second-order valence-corrected chi connectivity index (χ2v) is 3.58. The van der Waals surface area contributed by atoms with E-state index >= 15 is 0 Å². The van der Waals surface area contributed by atoms with E-state index < -0.39 is 0 Å². The van der Waals surface area contributed by atoms with Gasteiger partial charge in [0.2, 0.25) is 0 Å². The molecule has 1 aromatic rings. The summed E-state index contributed by atoms with van der Waals surface area (Å²) in [6.07, 6.45) is 1.07. The van der Waals surface area contributed by atoms with Crippen molar-refractivity contribution in [3.8, 4) is 0 Å². The van der Waals surface area contributed by atoms with Crippen molar-refractivity contribution in [1.29, 1.82) is 0 Å². The summed E-state index contributed by atoms with van der Waals surface area (Å²) in [5.41, 5.74) is 0. The van der Waals surface area contributed by atoms with Crippen molar-refractivity contribution in [2.24, 2.45) is 0 Å². The van der Waals surface area contributed by atoms with E-state index in [1.54, 1.807) is 0 Å².